The van der Waals surface area contributed by atoms with E-state index >= 15 is 0 Å². The molecule has 124 valence electrons. The molecule has 1 saturated heterocycles. The van der Waals surface area contributed by atoms with E-state index in [0.29, 0.717) is 12.0 Å². The van der Waals surface area contributed by atoms with E-state index in [1.807, 2.05) is 0 Å². The van der Waals surface area contributed by atoms with Crippen molar-refractivity contribution in [3.8, 4) is 0 Å². The van der Waals surface area contributed by atoms with E-state index < -0.39 is 32.2 Å². The SMILES string of the molecule is C[Si](C)(C)CCc1cn(C2CC(O)C(CO)O2)c(=O)[nH]c1=O. The van der Waals surface area contributed by atoms with E-state index in [-0.39, 0.29) is 18.6 Å². The molecule has 2 heterocycles. The Bertz CT molecular complexity index is 633. The van der Waals surface area contributed by atoms with E-state index in [1.165, 1.54) is 10.8 Å². The molecule has 0 amide bonds. The smallest absolute Gasteiger partial charge is 0.330 e. The van der Waals surface area contributed by atoms with Crippen molar-refractivity contribution >= 4 is 8.07 Å². The van der Waals surface area contributed by atoms with Crippen LogP contribution in [-0.4, -0.2) is 46.7 Å². The first-order valence-electron chi connectivity index (χ1n) is 7.50. The Labute approximate surface area is 129 Å². The molecule has 1 aromatic rings. The van der Waals surface area contributed by atoms with Gasteiger partial charge in [-0.15, -0.1) is 0 Å². The largest absolute Gasteiger partial charge is 0.394 e. The van der Waals surface area contributed by atoms with Gasteiger partial charge in [-0.25, -0.2) is 4.79 Å². The second-order valence-corrected chi connectivity index (χ2v) is 12.6. The number of hydrogen-bond donors (Lipinski definition) is 3. The predicted octanol–water partition coefficient (Wildman–Crippen LogP) is 0.0580. The molecule has 0 spiro atoms. The minimum atomic E-state index is -1.30. The third-order valence-electron chi connectivity index (χ3n) is 3.88. The van der Waals surface area contributed by atoms with Gasteiger partial charge < -0.3 is 14.9 Å². The van der Waals surface area contributed by atoms with Crippen LogP contribution in [-0.2, 0) is 11.2 Å². The van der Waals surface area contributed by atoms with Crippen molar-refractivity contribution in [3.63, 3.8) is 0 Å². The fraction of sp³-hybridized carbons (Fsp3) is 0.714. The molecule has 0 bridgehead atoms. The average Bonchev–Trinajstić information content (AvgIpc) is 2.77. The van der Waals surface area contributed by atoms with Gasteiger partial charge in [0.15, 0.2) is 0 Å². The summed E-state index contributed by atoms with van der Waals surface area (Å²) in [5.74, 6) is 0. The second kappa shape index (κ2) is 6.49. The lowest BCUT2D eigenvalue weighted by atomic mass is 10.2. The highest BCUT2D eigenvalue weighted by atomic mass is 28.3. The molecule has 3 N–H and O–H groups in total. The fourth-order valence-electron chi connectivity index (χ4n) is 2.48. The van der Waals surface area contributed by atoms with E-state index in [4.69, 9.17) is 9.84 Å². The molecule has 3 unspecified atom stereocenters. The first kappa shape index (κ1) is 17.1. The highest BCUT2D eigenvalue weighted by molar-refractivity contribution is 6.76. The average molecular weight is 328 g/mol. The van der Waals surface area contributed by atoms with Gasteiger partial charge >= 0.3 is 5.69 Å². The molecule has 1 aromatic heterocycles. The number of hydrogen-bond acceptors (Lipinski definition) is 5. The number of aryl methyl sites for hydroxylation is 1. The zero-order chi connectivity index (χ0) is 16.5. The maximum absolute atomic E-state index is 12.0. The van der Waals surface area contributed by atoms with Crippen LogP contribution in [0.5, 0.6) is 0 Å². The Morgan fingerprint density at radius 3 is 2.64 bits per heavy atom. The number of aromatic nitrogens is 2. The first-order valence-corrected chi connectivity index (χ1v) is 11.2. The molecule has 7 nitrogen and oxygen atoms in total. The molecule has 0 aromatic carbocycles. The molecule has 3 atom stereocenters. The summed E-state index contributed by atoms with van der Waals surface area (Å²) in [5.41, 5.74) is -0.373. The number of aliphatic hydroxyl groups is 2. The molecule has 8 heteroatoms. The Hall–Kier alpha value is -1.22. The summed E-state index contributed by atoms with van der Waals surface area (Å²) in [6.45, 7) is 6.36. The van der Waals surface area contributed by atoms with Crippen LogP contribution in [0.25, 0.3) is 0 Å². The van der Waals surface area contributed by atoms with Crippen molar-refractivity contribution in [2.24, 2.45) is 0 Å². The predicted molar refractivity (Wildman–Crippen MR) is 84.8 cm³/mol. The van der Waals surface area contributed by atoms with Crippen LogP contribution in [0, 0.1) is 0 Å². The minimum absolute atomic E-state index is 0.213. The van der Waals surface area contributed by atoms with Crippen molar-refractivity contribution < 1.29 is 14.9 Å². The Balaban J connectivity index is 2.26. The number of aromatic amines is 1. The highest BCUT2D eigenvalue weighted by Gasteiger charge is 2.35. The highest BCUT2D eigenvalue weighted by Crippen LogP contribution is 2.27. The molecule has 2 rings (SSSR count). The van der Waals surface area contributed by atoms with Crippen LogP contribution >= 0.6 is 0 Å². The normalized spacial score (nSPS) is 25.6. The van der Waals surface area contributed by atoms with Gasteiger partial charge in [0.1, 0.15) is 12.3 Å². The number of ether oxygens (including phenoxy) is 1. The van der Waals surface area contributed by atoms with Crippen molar-refractivity contribution in [2.45, 2.75) is 57.0 Å². The van der Waals surface area contributed by atoms with Crippen LogP contribution < -0.4 is 11.2 Å². The Kier molecular flexibility index (Phi) is 5.06. The Morgan fingerprint density at radius 1 is 1.41 bits per heavy atom. The number of nitrogens with one attached hydrogen (secondary N) is 1. The van der Waals surface area contributed by atoms with Gasteiger partial charge in [-0.1, -0.05) is 25.7 Å². The van der Waals surface area contributed by atoms with E-state index in [0.717, 1.165) is 6.04 Å². The molecule has 0 radical (unpaired) electrons. The van der Waals surface area contributed by atoms with Gasteiger partial charge in [-0.2, -0.15) is 0 Å². The number of rotatable bonds is 5. The van der Waals surface area contributed by atoms with Gasteiger partial charge in [-0.05, 0) is 6.42 Å². The van der Waals surface area contributed by atoms with Crippen LogP contribution in [0.2, 0.25) is 25.7 Å². The topological polar surface area (TPSA) is 105 Å². The maximum atomic E-state index is 12.0. The van der Waals surface area contributed by atoms with E-state index in [9.17, 15) is 14.7 Å². The zero-order valence-electron chi connectivity index (χ0n) is 13.2. The van der Waals surface area contributed by atoms with Crippen molar-refractivity contribution in [1.29, 1.82) is 0 Å². The summed E-state index contributed by atoms with van der Waals surface area (Å²) >= 11 is 0. The summed E-state index contributed by atoms with van der Waals surface area (Å²) < 4.78 is 6.78. The van der Waals surface area contributed by atoms with E-state index in [2.05, 4.69) is 24.6 Å². The monoisotopic (exact) mass is 328 g/mol. The van der Waals surface area contributed by atoms with Gasteiger partial charge in [-0.3, -0.25) is 14.3 Å². The summed E-state index contributed by atoms with van der Waals surface area (Å²) in [6.07, 6.45) is 0.170. The summed E-state index contributed by atoms with van der Waals surface area (Å²) in [4.78, 5) is 26.2. The lowest BCUT2D eigenvalue weighted by molar-refractivity contribution is -0.0459. The van der Waals surface area contributed by atoms with Crippen LogP contribution in [0.4, 0.5) is 0 Å². The number of nitrogens with zero attached hydrogens (tertiary/aromatic N) is 1. The fourth-order valence-corrected chi connectivity index (χ4v) is 3.50. The van der Waals surface area contributed by atoms with Crippen LogP contribution in [0.1, 0.15) is 18.2 Å². The van der Waals surface area contributed by atoms with Gasteiger partial charge in [0, 0.05) is 26.3 Å². The summed E-state index contributed by atoms with van der Waals surface area (Å²) in [7, 11) is -1.30. The quantitative estimate of drug-likeness (QED) is 0.663. The van der Waals surface area contributed by atoms with Gasteiger partial charge in [0.2, 0.25) is 0 Å². The second-order valence-electron chi connectivity index (χ2n) is 7.00. The third-order valence-corrected chi connectivity index (χ3v) is 5.63. The maximum Gasteiger partial charge on any atom is 0.330 e. The van der Waals surface area contributed by atoms with Crippen molar-refractivity contribution in [1.82, 2.24) is 9.55 Å². The summed E-state index contributed by atoms with van der Waals surface area (Å²) in [5, 5.41) is 18.9. The lowest BCUT2D eigenvalue weighted by Gasteiger charge is -2.17. The Morgan fingerprint density at radius 2 is 2.09 bits per heavy atom. The number of aliphatic hydroxyl groups excluding tert-OH is 2. The summed E-state index contributed by atoms with van der Waals surface area (Å²) in [6, 6.07) is 0.946. The van der Waals surface area contributed by atoms with Gasteiger partial charge in [0.05, 0.1) is 12.7 Å². The van der Waals surface area contributed by atoms with E-state index in [1.54, 1.807) is 0 Å². The van der Waals surface area contributed by atoms with Gasteiger partial charge in [0.25, 0.3) is 5.56 Å². The molecule has 0 saturated carbocycles. The molecular formula is C14H24N2O5Si. The first-order chi connectivity index (χ1) is 10.2. The molecule has 22 heavy (non-hydrogen) atoms. The zero-order valence-corrected chi connectivity index (χ0v) is 14.2. The third kappa shape index (κ3) is 3.95. The molecule has 1 aliphatic heterocycles. The van der Waals surface area contributed by atoms with Crippen molar-refractivity contribution in [3.05, 3.63) is 32.6 Å². The van der Waals surface area contributed by atoms with Crippen LogP contribution in [0.3, 0.4) is 0 Å². The molecule has 1 fully saturated rings. The van der Waals surface area contributed by atoms with Crippen LogP contribution in [0.15, 0.2) is 15.8 Å². The number of H-pyrrole nitrogens is 1. The molecular weight excluding hydrogens is 304 g/mol. The van der Waals surface area contributed by atoms with Crippen molar-refractivity contribution in [2.75, 3.05) is 6.61 Å². The standard InChI is InChI=1S/C14H24N2O5Si/c1-22(2,3)5-4-9-7-16(14(20)15-13(9)19)12-6-10(18)11(8-17)21-12/h7,10-12,17-18H,4-6,8H2,1-3H3,(H,15,19,20). The molecule has 0 aliphatic carbocycles. The lowest BCUT2D eigenvalue weighted by Crippen LogP contribution is -2.35. The minimum Gasteiger partial charge on any atom is -0.394 e. The molecule has 1 aliphatic rings.